The predicted octanol–water partition coefficient (Wildman–Crippen LogP) is 5.51. The van der Waals surface area contributed by atoms with Gasteiger partial charge >= 0.3 is 6.18 Å². The molecule has 2 aromatic carbocycles. The third kappa shape index (κ3) is 4.29. The van der Waals surface area contributed by atoms with E-state index in [0.29, 0.717) is 39.4 Å². The molecule has 0 saturated carbocycles. The number of aromatic amines is 1. The Morgan fingerprint density at radius 2 is 1.74 bits per heavy atom. The van der Waals surface area contributed by atoms with Crippen molar-refractivity contribution in [2.75, 3.05) is 5.32 Å². The first-order chi connectivity index (χ1) is 14.7. The zero-order valence-corrected chi connectivity index (χ0v) is 16.4. The number of carbonyl (C=O) groups is 1. The van der Waals surface area contributed by atoms with Crippen molar-refractivity contribution in [1.29, 1.82) is 0 Å². The van der Waals surface area contributed by atoms with Crippen molar-refractivity contribution in [1.82, 2.24) is 9.97 Å². The molecule has 5 nitrogen and oxygen atoms in total. The van der Waals surface area contributed by atoms with Crippen molar-refractivity contribution >= 4 is 34.1 Å². The summed E-state index contributed by atoms with van der Waals surface area (Å²) in [5.41, 5.74) is -0.597. The van der Waals surface area contributed by atoms with Crippen molar-refractivity contribution in [2.45, 2.75) is 6.18 Å². The highest BCUT2D eigenvalue weighted by Gasteiger charge is 2.31. The van der Waals surface area contributed by atoms with Crippen LogP contribution in [-0.2, 0) is 6.18 Å². The van der Waals surface area contributed by atoms with Crippen molar-refractivity contribution in [3.8, 4) is 11.3 Å². The van der Waals surface area contributed by atoms with Gasteiger partial charge in [0.15, 0.2) is 0 Å². The summed E-state index contributed by atoms with van der Waals surface area (Å²) in [4.78, 5) is 31.5. The molecular formula is C22H13ClF3N3O2. The van der Waals surface area contributed by atoms with Gasteiger partial charge in [-0.1, -0.05) is 41.9 Å². The lowest BCUT2D eigenvalue weighted by Gasteiger charge is -2.12. The molecule has 4 aromatic rings. The number of aromatic nitrogens is 2. The molecule has 0 aliphatic heterocycles. The predicted molar refractivity (Wildman–Crippen MR) is 112 cm³/mol. The number of hydrogen-bond donors (Lipinski definition) is 2. The van der Waals surface area contributed by atoms with E-state index >= 15 is 0 Å². The highest BCUT2D eigenvalue weighted by Crippen LogP contribution is 2.30. The molecule has 0 saturated heterocycles. The summed E-state index contributed by atoms with van der Waals surface area (Å²) in [6, 6.07) is 15.8. The van der Waals surface area contributed by atoms with Gasteiger partial charge in [-0.05, 0) is 30.3 Å². The van der Waals surface area contributed by atoms with Gasteiger partial charge in [-0.25, -0.2) is 4.98 Å². The van der Waals surface area contributed by atoms with Crippen LogP contribution in [0.25, 0.3) is 22.2 Å². The average molecular weight is 444 g/mol. The van der Waals surface area contributed by atoms with E-state index in [1.165, 1.54) is 6.07 Å². The summed E-state index contributed by atoms with van der Waals surface area (Å²) in [7, 11) is 0. The second kappa shape index (κ2) is 7.88. The Balaban J connectivity index is 1.79. The standard InChI is InChI=1S/C22H13ClF3N3O2/c23-14-7-5-12(6-8-14)18-10-16(15-3-1-2-4-17(15)28-18)20(30)29-19-9-13(22(24,25)26)11-27-21(19)31/h1-11H,(H,27,31)(H,29,30). The maximum absolute atomic E-state index is 13.0. The first-order valence-electron chi connectivity index (χ1n) is 8.99. The van der Waals surface area contributed by atoms with Gasteiger partial charge in [0, 0.05) is 22.2 Å². The number of pyridine rings is 2. The van der Waals surface area contributed by atoms with Crippen LogP contribution >= 0.6 is 11.6 Å². The van der Waals surface area contributed by atoms with E-state index in [4.69, 9.17) is 11.6 Å². The molecule has 156 valence electrons. The quantitative estimate of drug-likeness (QED) is 0.438. The third-order valence-electron chi connectivity index (χ3n) is 4.58. The maximum atomic E-state index is 13.0. The van der Waals surface area contributed by atoms with E-state index in [2.05, 4.69) is 10.3 Å². The number of alkyl halides is 3. The number of para-hydroxylation sites is 1. The minimum Gasteiger partial charge on any atom is -0.327 e. The zero-order valence-electron chi connectivity index (χ0n) is 15.6. The van der Waals surface area contributed by atoms with E-state index in [0.717, 1.165) is 0 Å². The van der Waals surface area contributed by atoms with Gasteiger partial charge < -0.3 is 10.3 Å². The van der Waals surface area contributed by atoms with Crippen molar-refractivity contribution in [3.05, 3.63) is 93.4 Å². The van der Waals surface area contributed by atoms with Crippen LogP contribution in [0.5, 0.6) is 0 Å². The number of benzene rings is 2. The number of H-pyrrole nitrogens is 1. The number of carbonyl (C=O) groups excluding carboxylic acids is 1. The minimum atomic E-state index is -4.67. The molecule has 0 radical (unpaired) electrons. The molecule has 2 heterocycles. The smallest absolute Gasteiger partial charge is 0.327 e. The summed E-state index contributed by atoms with van der Waals surface area (Å²) in [6.07, 6.45) is -4.12. The van der Waals surface area contributed by atoms with Gasteiger partial charge in [-0.3, -0.25) is 9.59 Å². The minimum absolute atomic E-state index is 0.160. The maximum Gasteiger partial charge on any atom is 0.417 e. The monoisotopic (exact) mass is 443 g/mol. The fourth-order valence-corrected chi connectivity index (χ4v) is 3.19. The summed E-state index contributed by atoms with van der Waals surface area (Å²) in [5, 5.41) is 3.31. The van der Waals surface area contributed by atoms with Gasteiger partial charge in [-0.2, -0.15) is 13.2 Å². The first-order valence-corrected chi connectivity index (χ1v) is 9.37. The number of hydrogen-bond acceptors (Lipinski definition) is 3. The largest absolute Gasteiger partial charge is 0.417 e. The fraction of sp³-hybridized carbons (Fsp3) is 0.0455. The number of rotatable bonds is 3. The van der Waals surface area contributed by atoms with Crippen LogP contribution in [-0.4, -0.2) is 15.9 Å². The average Bonchev–Trinajstić information content (AvgIpc) is 2.74. The number of amides is 1. The van der Waals surface area contributed by atoms with Crippen LogP contribution in [0, 0.1) is 0 Å². The van der Waals surface area contributed by atoms with Gasteiger partial charge in [0.05, 0.1) is 22.3 Å². The van der Waals surface area contributed by atoms with Gasteiger partial charge in [0.25, 0.3) is 11.5 Å². The number of anilines is 1. The fourth-order valence-electron chi connectivity index (χ4n) is 3.06. The zero-order chi connectivity index (χ0) is 22.2. The molecule has 2 aromatic heterocycles. The molecule has 4 rings (SSSR count). The molecular weight excluding hydrogens is 431 g/mol. The van der Waals surface area contributed by atoms with Crippen LogP contribution in [0.1, 0.15) is 15.9 Å². The van der Waals surface area contributed by atoms with Crippen LogP contribution in [0.3, 0.4) is 0 Å². The topological polar surface area (TPSA) is 74.8 Å². The molecule has 31 heavy (non-hydrogen) atoms. The lowest BCUT2D eigenvalue weighted by Crippen LogP contribution is -2.21. The molecule has 0 fully saturated rings. The molecule has 0 aliphatic rings. The molecule has 2 N–H and O–H groups in total. The SMILES string of the molecule is O=C(Nc1cc(C(F)(F)F)c[nH]c1=O)c1cc(-c2ccc(Cl)cc2)nc2ccccc12. The Hall–Kier alpha value is -3.65. The van der Waals surface area contributed by atoms with Crippen LogP contribution in [0.15, 0.2) is 71.7 Å². The molecule has 1 amide bonds. The number of nitrogens with zero attached hydrogens (tertiary/aromatic N) is 1. The van der Waals surface area contributed by atoms with Gasteiger partial charge in [0.2, 0.25) is 0 Å². The van der Waals surface area contributed by atoms with E-state index in [1.807, 2.05) is 4.98 Å². The Morgan fingerprint density at radius 1 is 1.03 bits per heavy atom. The Morgan fingerprint density at radius 3 is 2.45 bits per heavy atom. The van der Waals surface area contributed by atoms with Crippen molar-refractivity contribution in [2.24, 2.45) is 0 Å². The lowest BCUT2D eigenvalue weighted by molar-refractivity contribution is -0.137. The second-order valence-corrected chi connectivity index (χ2v) is 7.10. The van der Waals surface area contributed by atoms with Crippen LogP contribution < -0.4 is 10.9 Å². The Labute approximate surface area is 178 Å². The highest BCUT2D eigenvalue weighted by atomic mass is 35.5. The van der Waals surface area contributed by atoms with Crippen LogP contribution in [0.4, 0.5) is 18.9 Å². The molecule has 0 spiro atoms. The van der Waals surface area contributed by atoms with E-state index in [9.17, 15) is 22.8 Å². The summed E-state index contributed by atoms with van der Waals surface area (Å²) >= 11 is 5.93. The van der Waals surface area contributed by atoms with Crippen molar-refractivity contribution in [3.63, 3.8) is 0 Å². The normalized spacial score (nSPS) is 11.5. The summed E-state index contributed by atoms with van der Waals surface area (Å²) < 4.78 is 39.0. The third-order valence-corrected chi connectivity index (χ3v) is 4.83. The molecule has 0 atom stereocenters. The van der Waals surface area contributed by atoms with E-state index in [1.54, 1.807) is 48.5 Å². The van der Waals surface area contributed by atoms with Gasteiger partial charge in [-0.15, -0.1) is 0 Å². The molecule has 0 bridgehead atoms. The summed E-state index contributed by atoms with van der Waals surface area (Å²) in [6.45, 7) is 0. The van der Waals surface area contributed by atoms with E-state index < -0.39 is 28.9 Å². The highest BCUT2D eigenvalue weighted by molar-refractivity contribution is 6.30. The van der Waals surface area contributed by atoms with Crippen molar-refractivity contribution < 1.29 is 18.0 Å². The number of nitrogens with one attached hydrogen (secondary N) is 2. The lowest BCUT2D eigenvalue weighted by atomic mass is 10.0. The van der Waals surface area contributed by atoms with Crippen LogP contribution in [0.2, 0.25) is 5.02 Å². The number of fused-ring (bicyclic) bond motifs is 1. The van der Waals surface area contributed by atoms with Gasteiger partial charge in [0.1, 0.15) is 5.69 Å². The number of halogens is 4. The Kier molecular flexibility index (Phi) is 5.24. The van der Waals surface area contributed by atoms with E-state index in [-0.39, 0.29) is 5.56 Å². The second-order valence-electron chi connectivity index (χ2n) is 6.66. The molecule has 0 unspecified atom stereocenters. The Bertz CT molecular complexity index is 1350. The first kappa shape index (κ1) is 20.6. The molecule has 0 aliphatic carbocycles. The molecule has 9 heteroatoms. The summed E-state index contributed by atoms with van der Waals surface area (Å²) in [5.74, 6) is -0.737.